The first-order chi connectivity index (χ1) is 16.9. The average Bonchev–Trinajstić information content (AvgIpc) is 3.38. The van der Waals surface area contributed by atoms with E-state index in [2.05, 4.69) is 0 Å². The number of halogens is 2. The van der Waals surface area contributed by atoms with Gasteiger partial charge in [-0.3, -0.25) is 4.79 Å². The molecule has 5 nitrogen and oxygen atoms in total. The van der Waals surface area contributed by atoms with E-state index >= 15 is 0 Å². The predicted molar refractivity (Wildman–Crippen MR) is 127 cm³/mol. The lowest BCUT2D eigenvalue weighted by molar-refractivity contribution is -0.938. The van der Waals surface area contributed by atoms with Crippen molar-refractivity contribution >= 4 is 23.3 Å². The van der Waals surface area contributed by atoms with E-state index in [1.807, 2.05) is 16.8 Å². The SMILES string of the molecule is O=C(OC(c1cccc(F)c1)c1cccc(F)c1)O[C@H]1C[N+]2(CC(=O)c3ccsc3)CCC1CC2. The highest BCUT2D eigenvalue weighted by Crippen LogP contribution is 2.37. The van der Waals surface area contributed by atoms with Crippen molar-refractivity contribution in [1.29, 1.82) is 0 Å². The van der Waals surface area contributed by atoms with Crippen LogP contribution in [0.5, 0.6) is 0 Å². The van der Waals surface area contributed by atoms with Crippen LogP contribution in [-0.2, 0) is 9.47 Å². The number of hydrogen-bond donors (Lipinski definition) is 0. The number of ketones is 1. The van der Waals surface area contributed by atoms with Gasteiger partial charge in [-0.1, -0.05) is 24.3 Å². The Hall–Kier alpha value is -3.10. The molecular formula is C27H26F2NO4S+. The fourth-order valence-electron chi connectivity index (χ4n) is 5.31. The molecule has 0 N–H and O–H groups in total. The van der Waals surface area contributed by atoms with Crippen LogP contribution in [0.25, 0.3) is 0 Å². The molecule has 3 aliphatic heterocycles. The highest BCUT2D eigenvalue weighted by atomic mass is 32.1. The molecule has 6 rings (SSSR count). The number of thiophene rings is 1. The van der Waals surface area contributed by atoms with Crippen LogP contribution < -0.4 is 0 Å². The molecule has 182 valence electrons. The van der Waals surface area contributed by atoms with Crippen molar-refractivity contribution in [2.75, 3.05) is 26.2 Å². The van der Waals surface area contributed by atoms with Crippen LogP contribution >= 0.6 is 11.3 Å². The van der Waals surface area contributed by atoms with E-state index in [-0.39, 0.29) is 17.8 Å². The zero-order valence-corrected chi connectivity index (χ0v) is 19.9. The summed E-state index contributed by atoms with van der Waals surface area (Å²) >= 11 is 1.50. The largest absolute Gasteiger partial charge is 0.509 e. The van der Waals surface area contributed by atoms with Gasteiger partial charge < -0.3 is 14.0 Å². The Bertz CT molecular complexity index is 1160. The average molecular weight is 499 g/mol. The Kier molecular flexibility index (Phi) is 6.67. The van der Waals surface area contributed by atoms with Crippen LogP contribution in [0.4, 0.5) is 13.6 Å². The molecule has 2 bridgehead atoms. The van der Waals surface area contributed by atoms with Crippen molar-refractivity contribution in [1.82, 2.24) is 0 Å². The number of ether oxygens (including phenoxy) is 2. The van der Waals surface area contributed by atoms with Gasteiger partial charge in [0.15, 0.2) is 12.2 Å². The third-order valence-electron chi connectivity index (χ3n) is 7.13. The third-order valence-corrected chi connectivity index (χ3v) is 7.81. The third kappa shape index (κ3) is 5.28. The quantitative estimate of drug-likeness (QED) is 0.236. The Balaban J connectivity index is 1.30. The first-order valence-electron chi connectivity index (χ1n) is 11.7. The maximum Gasteiger partial charge on any atom is 0.509 e. The van der Waals surface area contributed by atoms with Gasteiger partial charge in [0, 0.05) is 40.8 Å². The molecule has 3 aliphatic rings. The summed E-state index contributed by atoms with van der Waals surface area (Å²) in [6.45, 7) is 2.70. The standard InChI is InChI=1S/C27H26F2NO4S/c28-22-5-1-3-19(13-22)26(20-4-2-6-23(29)14-20)34-27(32)33-25-16-30(10-7-18(25)8-11-30)15-24(31)21-9-12-35-17-21/h1-6,9,12-14,17-18,25-26H,7-8,10-11,15-16H2/q+1/t18?,25-,30?/m0/s1. The molecule has 3 aromatic rings. The van der Waals surface area contributed by atoms with E-state index < -0.39 is 23.9 Å². The molecule has 0 unspecified atom stereocenters. The van der Waals surface area contributed by atoms with Crippen molar-refractivity contribution in [3.05, 3.63) is 93.7 Å². The fourth-order valence-corrected chi connectivity index (χ4v) is 5.97. The van der Waals surface area contributed by atoms with Crippen molar-refractivity contribution in [3.63, 3.8) is 0 Å². The lowest BCUT2D eigenvalue weighted by Gasteiger charge is -2.51. The van der Waals surface area contributed by atoms with E-state index in [0.29, 0.717) is 28.7 Å². The van der Waals surface area contributed by atoms with Gasteiger partial charge in [0.2, 0.25) is 5.78 Å². The lowest BCUT2D eigenvalue weighted by Crippen LogP contribution is -2.65. The zero-order valence-electron chi connectivity index (χ0n) is 19.1. The van der Waals surface area contributed by atoms with Crippen molar-refractivity contribution in [3.8, 4) is 0 Å². The lowest BCUT2D eigenvalue weighted by atomic mass is 9.83. The number of quaternary nitrogens is 1. The summed E-state index contributed by atoms with van der Waals surface area (Å²) in [6.07, 6.45) is -0.540. The summed E-state index contributed by atoms with van der Waals surface area (Å²) in [6, 6.07) is 13.2. The van der Waals surface area contributed by atoms with Crippen LogP contribution in [-0.4, -0.2) is 48.7 Å². The number of piperidine rings is 3. The monoisotopic (exact) mass is 498 g/mol. The number of Topliss-reactive ketones (excluding diaryl/α,β-unsaturated/α-hetero) is 1. The molecule has 4 heterocycles. The zero-order chi connectivity index (χ0) is 24.4. The first-order valence-corrected chi connectivity index (χ1v) is 12.6. The molecule has 1 atom stereocenters. The molecule has 0 aliphatic carbocycles. The number of rotatable bonds is 7. The number of hydrogen-bond acceptors (Lipinski definition) is 5. The molecule has 2 aromatic carbocycles. The summed E-state index contributed by atoms with van der Waals surface area (Å²) in [5, 5.41) is 3.76. The van der Waals surface area contributed by atoms with Gasteiger partial charge in [-0.2, -0.15) is 11.3 Å². The van der Waals surface area contributed by atoms with Gasteiger partial charge >= 0.3 is 6.16 Å². The molecule has 3 fully saturated rings. The summed E-state index contributed by atoms with van der Waals surface area (Å²) < 4.78 is 39.8. The molecular weight excluding hydrogens is 472 g/mol. The van der Waals surface area contributed by atoms with Crippen LogP contribution in [0.1, 0.15) is 40.4 Å². The number of carbonyl (C=O) groups excluding carboxylic acids is 2. The second kappa shape index (κ2) is 9.87. The van der Waals surface area contributed by atoms with E-state index in [4.69, 9.17) is 9.47 Å². The van der Waals surface area contributed by atoms with Gasteiger partial charge in [-0.25, -0.2) is 13.6 Å². The normalized spacial score (nSPS) is 23.3. The molecule has 0 spiro atoms. The van der Waals surface area contributed by atoms with E-state index in [9.17, 15) is 18.4 Å². The minimum Gasteiger partial charge on any atom is -0.425 e. The van der Waals surface area contributed by atoms with E-state index in [1.54, 1.807) is 12.1 Å². The summed E-state index contributed by atoms with van der Waals surface area (Å²) in [4.78, 5) is 25.7. The van der Waals surface area contributed by atoms with Gasteiger partial charge in [-0.05, 0) is 35.7 Å². The molecule has 35 heavy (non-hydrogen) atoms. The Morgan fingerprint density at radius 3 is 2.23 bits per heavy atom. The maximum atomic E-state index is 13.9. The second-order valence-corrected chi connectivity index (χ2v) is 10.2. The number of fused-ring (bicyclic) bond motifs is 3. The highest BCUT2D eigenvalue weighted by Gasteiger charge is 2.49. The summed E-state index contributed by atoms with van der Waals surface area (Å²) in [5.74, 6) is -0.661. The first kappa shape index (κ1) is 23.6. The molecule has 3 saturated heterocycles. The topological polar surface area (TPSA) is 52.6 Å². The number of benzene rings is 2. The number of carbonyl (C=O) groups is 2. The van der Waals surface area contributed by atoms with Crippen LogP contribution in [0, 0.1) is 17.6 Å². The second-order valence-electron chi connectivity index (χ2n) is 9.42. The van der Waals surface area contributed by atoms with Crippen LogP contribution in [0.15, 0.2) is 65.4 Å². The Morgan fingerprint density at radius 2 is 1.66 bits per heavy atom. The van der Waals surface area contributed by atoms with Gasteiger partial charge in [0.1, 0.15) is 24.7 Å². The highest BCUT2D eigenvalue weighted by molar-refractivity contribution is 7.08. The minimum atomic E-state index is -1.02. The smallest absolute Gasteiger partial charge is 0.425 e. The molecule has 1 aromatic heterocycles. The molecule has 0 saturated carbocycles. The fraction of sp³-hybridized carbons (Fsp3) is 0.333. The summed E-state index contributed by atoms with van der Waals surface area (Å²) in [5.41, 5.74) is 1.48. The Morgan fingerprint density at radius 1 is 1.00 bits per heavy atom. The number of nitrogens with zero attached hydrogens (tertiary/aromatic N) is 1. The van der Waals surface area contributed by atoms with Gasteiger partial charge in [0.25, 0.3) is 0 Å². The van der Waals surface area contributed by atoms with Crippen LogP contribution in [0.3, 0.4) is 0 Å². The summed E-state index contributed by atoms with van der Waals surface area (Å²) in [7, 11) is 0. The maximum absolute atomic E-state index is 13.9. The van der Waals surface area contributed by atoms with E-state index in [0.717, 1.165) is 31.5 Å². The van der Waals surface area contributed by atoms with Crippen molar-refractivity contribution in [2.45, 2.75) is 25.0 Å². The van der Waals surface area contributed by atoms with Crippen LogP contribution in [0.2, 0.25) is 0 Å². The van der Waals surface area contributed by atoms with Crippen molar-refractivity contribution in [2.24, 2.45) is 5.92 Å². The van der Waals surface area contributed by atoms with Gasteiger partial charge in [-0.15, -0.1) is 0 Å². The predicted octanol–water partition coefficient (Wildman–Crippen LogP) is 5.76. The van der Waals surface area contributed by atoms with Crippen molar-refractivity contribution < 1.29 is 32.3 Å². The molecule has 0 radical (unpaired) electrons. The molecule has 8 heteroatoms. The van der Waals surface area contributed by atoms with E-state index in [1.165, 1.54) is 47.7 Å². The van der Waals surface area contributed by atoms with Gasteiger partial charge in [0.05, 0.1) is 13.1 Å². The Labute approximate surface area is 206 Å². The minimum absolute atomic E-state index is 0.102. The molecule has 0 amide bonds.